The maximum absolute atomic E-state index is 9.10. The molecule has 0 amide bonds. The molecular weight excluding hydrogens is 352 g/mol. The van der Waals surface area contributed by atoms with Crippen molar-refractivity contribution in [1.29, 1.82) is 0 Å². The summed E-state index contributed by atoms with van der Waals surface area (Å²) in [6.45, 7) is 11.9. The summed E-state index contributed by atoms with van der Waals surface area (Å²) < 4.78 is 11.5. The van der Waals surface area contributed by atoms with Crippen molar-refractivity contribution in [2.45, 2.75) is 13.8 Å². The molecule has 1 aromatic rings. The summed E-state index contributed by atoms with van der Waals surface area (Å²) in [5.74, 6) is -2.65. The second-order valence-corrected chi connectivity index (χ2v) is 6.44. The number of carbonyl (C=O) groups is 2. The van der Waals surface area contributed by atoms with E-state index in [1.165, 1.54) is 11.1 Å². The predicted molar refractivity (Wildman–Crippen MR) is 101 cm³/mol. The molecule has 0 bridgehead atoms. The third-order valence-electron chi connectivity index (χ3n) is 4.21. The number of aliphatic carboxylic acids is 2. The van der Waals surface area contributed by atoms with E-state index >= 15 is 0 Å². The fourth-order valence-electron chi connectivity index (χ4n) is 2.60. The summed E-state index contributed by atoms with van der Waals surface area (Å²) >= 11 is 0. The van der Waals surface area contributed by atoms with E-state index in [9.17, 15) is 0 Å². The highest BCUT2D eigenvalue weighted by atomic mass is 16.5. The first-order valence-electron chi connectivity index (χ1n) is 8.95. The van der Waals surface area contributed by atoms with E-state index in [2.05, 4.69) is 48.9 Å². The molecule has 1 aliphatic heterocycles. The Bertz CT molecular complexity index is 568. The van der Waals surface area contributed by atoms with E-state index in [4.69, 9.17) is 29.3 Å². The molecule has 27 heavy (non-hydrogen) atoms. The van der Waals surface area contributed by atoms with Gasteiger partial charge in [-0.3, -0.25) is 4.90 Å². The molecule has 8 nitrogen and oxygen atoms in total. The fraction of sp³-hybridized carbons (Fsp3) is 0.579. The zero-order valence-electron chi connectivity index (χ0n) is 16.3. The second-order valence-electron chi connectivity index (χ2n) is 6.44. The lowest BCUT2D eigenvalue weighted by Crippen LogP contribution is -2.45. The number of likely N-dealkylation sites (N-methyl/N-ethyl adjacent to an activating group) is 1. The van der Waals surface area contributed by atoms with Crippen molar-refractivity contribution in [3.63, 3.8) is 0 Å². The average molecular weight is 382 g/mol. The number of benzene rings is 1. The van der Waals surface area contributed by atoms with Crippen LogP contribution < -0.4 is 4.74 Å². The number of rotatable bonds is 7. The molecule has 152 valence electrons. The SMILES string of the molecule is Cc1cccc(C)c1OCCOCCN1CCN(C)CC1.O=C(O)C(=O)O. The highest BCUT2D eigenvalue weighted by Gasteiger charge is 2.12. The van der Waals surface area contributed by atoms with Gasteiger partial charge in [0.15, 0.2) is 0 Å². The van der Waals surface area contributed by atoms with Gasteiger partial charge in [-0.25, -0.2) is 9.59 Å². The monoisotopic (exact) mass is 382 g/mol. The van der Waals surface area contributed by atoms with Crippen molar-refractivity contribution in [3.05, 3.63) is 29.3 Å². The van der Waals surface area contributed by atoms with Crippen LogP contribution in [0.5, 0.6) is 5.75 Å². The van der Waals surface area contributed by atoms with Crippen LogP contribution in [-0.4, -0.2) is 91.5 Å². The van der Waals surface area contributed by atoms with E-state index in [0.717, 1.165) is 45.1 Å². The minimum atomic E-state index is -1.82. The molecule has 2 N–H and O–H groups in total. The van der Waals surface area contributed by atoms with Crippen LogP contribution >= 0.6 is 0 Å². The molecule has 1 fully saturated rings. The number of aryl methyl sites for hydroxylation is 2. The van der Waals surface area contributed by atoms with Gasteiger partial charge in [0.25, 0.3) is 0 Å². The van der Waals surface area contributed by atoms with E-state index < -0.39 is 11.9 Å². The summed E-state index contributed by atoms with van der Waals surface area (Å²) in [5, 5.41) is 14.8. The molecule has 1 saturated heterocycles. The highest BCUT2D eigenvalue weighted by Crippen LogP contribution is 2.21. The first kappa shape index (κ1) is 22.9. The van der Waals surface area contributed by atoms with Gasteiger partial charge in [-0.05, 0) is 32.0 Å². The summed E-state index contributed by atoms with van der Waals surface area (Å²) in [6.07, 6.45) is 0. The summed E-state index contributed by atoms with van der Waals surface area (Å²) in [5.41, 5.74) is 2.37. The molecule has 0 unspecified atom stereocenters. The van der Waals surface area contributed by atoms with Crippen LogP contribution in [0.2, 0.25) is 0 Å². The van der Waals surface area contributed by atoms with E-state index in [0.29, 0.717) is 13.2 Å². The van der Waals surface area contributed by atoms with Crippen LogP contribution in [0.1, 0.15) is 11.1 Å². The number of para-hydroxylation sites is 1. The predicted octanol–water partition coefficient (Wildman–Crippen LogP) is 1.10. The number of nitrogens with zero attached hydrogens (tertiary/aromatic N) is 2. The van der Waals surface area contributed by atoms with Crippen molar-refractivity contribution in [2.75, 3.05) is 59.6 Å². The number of carboxylic acid groups (broad SMARTS) is 2. The smallest absolute Gasteiger partial charge is 0.414 e. The quantitative estimate of drug-likeness (QED) is 0.534. The Kier molecular flexibility index (Phi) is 10.4. The molecule has 2 rings (SSSR count). The number of hydrogen-bond donors (Lipinski definition) is 2. The van der Waals surface area contributed by atoms with E-state index in [1.54, 1.807) is 0 Å². The Morgan fingerprint density at radius 3 is 2.04 bits per heavy atom. The zero-order chi connectivity index (χ0) is 20.2. The topological polar surface area (TPSA) is 99.5 Å². The molecule has 0 atom stereocenters. The summed E-state index contributed by atoms with van der Waals surface area (Å²) in [4.78, 5) is 23.0. The molecule has 0 aromatic heterocycles. The summed E-state index contributed by atoms with van der Waals surface area (Å²) in [7, 11) is 2.18. The maximum Gasteiger partial charge on any atom is 0.414 e. The first-order valence-corrected chi connectivity index (χ1v) is 8.95. The largest absolute Gasteiger partial charge is 0.491 e. The number of carboxylic acids is 2. The van der Waals surface area contributed by atoms with E-state index in [-0.39, 0.29) is 0 Å². The third-order valence-corrected chi connectivity index (χ3v) is 4.21. The lowest BCUT2D eigenvalue weighted by Gasteiger charge is -2.32. The Labute approximate surface area is 160 Å². The molecule has 0 radical (unpaired) electrons. The molecular formula is C19H30N2O6. The molecule has 0 spiro atoms. The first-order chi connectivity index (χ1) is 12.8. The van der Waals surface area contributed by atoms with Crippen LogP contribution in [-0.2, 0) is 14.3 Å². The highest BCUT2D eigenvalue weighted by molar-refractivity contribution is 6.27. The third kappa shape index (κ3) is 9.37. The van der Waals surface area contributed by atoms with Crippen molar-refractivity contribution in [3.8, 4) is 5.75 Å². The van der Waals surface area contributed by atoms with Crippen molar-refractivity contribution < 1.29 is 29.3 Å². The average Bonchev–Trinajstić information content (AvgIpc) is 2.62. The Morgan fingerprint density at radius 1 is 0.963 bits per heavy atom. The lowest BCUT2D eigenvalue weighted by molar-refractivity contribution is -0.159. The van der Waals surface area contributed by atoms with Gasteiger partial charge in [-0.15, -0.1) is 0 Å². The minimum Gasteiger partial charge on any atom is -0.491 e. The lowest BCUT2D eigenvalue weighted by atomic mass is 10.1. The maximum atomic E-state index is 9.10. The van der Waals surface area contributed by atoms with Crippen LogP contribution in [0.4, 0.5) is 0 Å². The molecule has 0 aliphatic carbocycles. The number of ether oxygens (including phenoxy) is 2. The van der Waals surface area contributed by atoms with Crippen LogP contribution in [0.15, 0.2) is 18.2 Å². The van der Waals surface area contributed by atoms with Crippen molar-refractivity contribution >= 4 is 11.9 Å². The molecule has 0 saturated carbocycles. The standard InChI is InChI=1S/C17H28N2O2.C2H2O4/c1-15-5-4-6-16(2)17(15)21-14-13-20-12-11-19-9-7-18(3)8-10-19;3-1(4)2(5)6/h4-6H,7-14H2,1-3H3;(H,3,4)(H,5,6). The van der Waals surface area contributed by atoms with Gasteiger partial charge in [0, 0.05) is 32.7 Å². The Hall–Kier alpha value is -2.16. The van der Waals surface area contributed by atoms with Gasteiger partial charge in [-0.1, -0.05) is 18.2 Å². The summed E-state index contributed by atoms with van der Waals surface area (Å²) in [6, 6.07) is 6.22. The molecule has 1 heterocycles. The fourth-order valence-corrected chi connectivity index (χ4v) is 2.60. The van der Waals surface area contributed by atoms with Crippen molar-refractivity contribution in [2.24, 2.45) is 0 Å². The minimum absolute atomic E-state index is 0.619. The zero-order valence-corrected chi connectivity index (χ0v) is 16.3. The molecule has 1 aromatic carbocycles. The van der Waals surface area contributed by atoms with Gasteiger partial charge >= 0.3 is 11.9 Å². The number of piperazine rings is 1. The Balaban J connectivity index is 0.000000527. The molecule has 8 heteroatoms. The normalized spacial score (nSPS) is 14.9. The van der Waals surface area contributed by atoms with Gasteiger partial charge in [0.05, 0.1) is 13.2 Å². The van der Waals surface area contributed by atoms with Crippen LogP contribution in [0, 0.1) is 13.8 Å². The van der Waals surface area contributed by atoms with Crippen molar-refractivity contribution in [1.82, 2.24) is 9.80 Å². The number of hydrogen-bond acceptors (Lipinski definition) is 6. The van der Waals surface area contributed by atoms with Gasteiger partial charge < -0.3 is 24.6 Å². The van der Waals surface area contributed by atoms with Gasteiger partial charge in [-0.2, -0.15) is 0 Å². The van der Waals surface area contributed by atoms with E-state index in [1.807, 2.05) is 0 Å². The van der Waals surface area contributed by atoms with Crippen LogP contribution in [0.25, 0.3) is 0 Å². The van der Waals surface area contributed by atoms with Gasteiger partial charge in [0.2, 0.25) is 0 Å². The second kappa shape index (κ2) is 12.3. The van der Waals surface area contributed by atoms with Gasteiger partial charge in [0.1, 0.15) is 12.4 Å². The van der Waals surface area contributed by atoms with Crippen LogP contribution in [0.3, 0.4) is 0 Å². The Morgan fingerprint density at radius 2 is 1.52 bits per heavy atom. The molecule has 1 aliphatic rings.